The van der Waals surface area contributed by atoms with Gasteiger partial charge >= 0.3 is 12.1 Å². The Morgan fingerprint density at radius 1 is 0.647 bits per heavy atom. The van der Waals surface area contributed by atoms with Crippen molar-refractivity contribution in [1.29, 1.82) is 0 Å². The van der Waals surface area contributed by atoms with E-state index in [1.165, 1.54) is 48.0 Å². The summed E-state index contributed by atoms with van der Waals surface area (Å²) in [6.07, 6.45) is 0.674. The first kappa shape index (κ1) is 63.1. The van der Waals surface area contributed by atoms with Gasteiger partial charge in [-0.2, -0.15) is 4.99 Å². The lowest BCUT2D eigenvalue weighted by atomic mass is 9.98. The number of nitrogens with one attached hydrogen (secondary N) is 7. The minimum Gasteiger partial charge on any atom is -0.508 e. The second kappa shape index (κ2) is 31.2. The van der Waals surface area contributed by atoms with Gasteiger partial charge in [-0.3, -0.25) is 33.7 Å². The molecule has 1 aliphatic heterocycles. The van der Waals surface area contributed by atoms with Gasteiger partial charge in [-0.15, -0.1) is 0 Å². The zero-order chi connectivity index (χ0) is 60.8. The molecule has 5 aromatic carbocycles. The molecule has 5 aromatic rings. The van der Waals surface area contributed by atoms with E-state index in [1.807, 2.05) is 102 Å². The van der Waals surface area contributed by atoms with Gasteiger partial charge in [0.15, 0.2) is 5.96 Å². The van der Waals surface area contributed by atoms with Crippen LogP contribution >= 0.6 is 0 Å². The summed E-state index contributed by atoms with van der Waals surface area (Å²) >= 11 is 0. The second-order valence-electron chi connectivity index (χ2n) is 20.9. The standard InChI is InChI=1S/C62H77N13O10/c1-5-53(77)66-31-32-68-61(83)71-60(63)67-28-13-23-52(58(81)69-34-41-24-26-46(76)27-25-41)70-59(82)57(75-35-43-15-6-7-16-44(43)36-75)42-17-12-18-45(33-42)64-29-14-30-65-54(78)37-72(2)55(79)38-73(3)56(80)39-74(4)62(84)85-40-51-49-21-10-8-19-47(49)48-20-9-11-22-50(48)51/h6-12,15-22,24-27,33,51-52,57,64,76H,5,13-14,23,28-32,34-40H2,1-4H3,(H,65,78)(H,66,77)(H,69,81)(H,70,82)(H4,63,67,68,71,83)/t52-,57+/m1/s1. The van der Waals surface area contributed by atoms with E-state index < -0.39 is 53.7 Å². The van der Waals surface area contributed by atoms with Gasteiger partial charge in [0, 0.05) is 91.5 Å². The first-order chi connectivity index (χ1) is 41.0. The van der Waals surface area contributed by atoms with E-state index >= 15 is 0 Å². The summed E-state index contributed by atoms with van der Waals surface area (Å²) in [6.45, 7) is 3.37. The van der Waals surface area contributed by atoms with Gasteiger partial charge in [-0.05, 0) is 88.0 Å². The maximum Gasteiger partial charge on any atom is 0.409 e. The van der Waals surface area contributed by atoms with Crippen molar-refractivity contribution in [3.8, 4) is 16.9 Å². The highest BCUT2D eigenvalue weighted by molar-refractivity contribution is 5.92. The predicted molar refractivity (Wildman–Crippen MR) is 321 cm³/mol. The molecule has 0 aromatic heterocycles. The Bertz CT molecular complexity index is 3120. The van der Waals surface area contributed by atoms with Gasteiger partial charge in [0.25, 0.3) is 0 Å². The Hall–Kier alpha value is -9.51. The Labute approximate surface area is 495 Å². The van der Waals surface area contributed by atoms with Crippen LogP contribution in [-0.2, 0) is 53.1 Å². The van der Waals surface area contributed by atoms with E-state index in [9.17, 15) is 43.5 Å². The van der Waals surface area contributed by atoms with Gasteiger partial charge in [0.05, 0.1) is 13.1 Å². The van der Waals surface area contributed by atoms with Crippen LogP contribution in [0.15, 0.2) is 126 Å². The van der Waals surface area contributed by atoms with Crippen molar-refractivity contribution in [3.63, 3.8) is 0 Å². The molecule has 9 amide bonds. The molecule has 0 fully saturated rings. The van der Waals surface area contributed by atoms with E-state index in [2.05, 4.69) is 42.2 Å². The summed E-state index contributed by atoms with van der Waals surface area (Å²) in [5.41, 5.74) is 14.6. The zero-order valence-corrected chi connectivity index (χ0v) is 48.5. The van der Waals surface area contributed by atoms with Crippen LogP contribution in [0.25, 0.3) is 11.1 Å². The van der Waals surface area contributed by atoms with E-state index in [4.69, 9.17) is 10.5 Å². The van der Waals surface area contributed by atoms with Crippen LogP contribution in [0.4, 0.5) is 15.3 Å². The first-order valence-electron chi connectivity index (χ1n) is 28.4. The number of ether oxygens (including phenoxy) is 1. The summed E-state index contributed by atoms with van der Waals surface area (Å²) in [7, 11) is 4.38. The fraction of sp³-hybridized carbons (Fsp3) is 0.371. The van der Waals surface area contributed by atoms with Crippen LogP contribution in [-0.4, -0.2) is 164 Å². The highest BCUT2D eigenvalue weighted by Gasteiger charge is 2.35. The number of amides is 9. The molecular formula is C62H77N13O10. The third kappa shape index (κ3) is 18.5. The molecule has 0 spiro atoms. The van der Waals surface area contributed by atoms with Crippen molar-refractivity contribution in [3.05, 3.63) is 155 Å². The quantitative estimate of drug-likeness (QED) is 0.0195. The molecule has 0 unspecified atom stereocenters. The fourth-order valence-electron chi connectivity index (χ4n) is 9.95. The smallest absolute Gasteiger partial charge is 0.409 e. The SMILES string of the molecule is CCC(=O)NCCNC(=O)/N=C(/N)NCCC[C@@H](NC(=O)[C@H](c1cccc(NCCCNC(=O)CN(C)C(=O)CN(C)C(=O)CN(C)C(=O)OCC2c3ccccc3-c3ccccc32)c1)N1Cc2ccccc2C1)C(=O)NCc1ccc(O)cc1. The summed E-state index contributed by atoms with van der Waals surface area (Å²) in [5.74, 6) is -2.54. The lowest BCUT2D eigenvalue weighted by Gasteiger charge is -2.29. The van der Waals surface area contributed by atoms with E-state index in [0.29, 0.717) is 44.5 Å². The number of carbonyl (C=O) groups excluding carboxylic acids is 8. The molecule has 0 radical (unpaired) electrons. The average molecular weight is 1160 g/mol. The summed E-state index contributed by atoms with van der Waals surface area (Å²) in [4.78, 5) is 114. The highest BCUT2D eigenvalue weighted by atomic mass is 16.6. The zero-order valence-electron chi connectivity index (χ0n) is 48.5. The van der Waals surface area contributed by atoms with Crippen molar-refractivity contribution in [2.45, 2.75) is 70.2 Å². The predicted octanol–water partition coefficient (Wildman–Crippen LogP) is 3.89. The van der Waals surface area contributed by atoms with E-state index in [-0.39, 0.29) is 88.9 Å². The van der Waals surface area contributed by atoms with E-state index in [1.54, 1.807) is 19.1 Å². The van der Waals surface area contributed by atoms with Gasteiger partial charge in [-0.25, -0.2) is 9.59 Å². The van der Waals surface area contributed by atoms with Gasteiger partial charge in [0.2, 0.25) is 35.4 Å². The molecule has 0 saturated carbocycles. The molecule has 450 valence electrons. The Morgan fingerprint density at radius 3 is 1.92 bits per heavy atom. The minimum absolute atomic E-state index is 0.0814. The number of nitrogens with two attached hydrogens (primary N) is 1. The number of anilines is 1. The third-order valence-corrected chi connectivity index (χ3v) is 14.6. The number of nitrogens with zero attached hydrogens (tertiary/aromatic N) is 5. The summed E-state index contributed by atoms with van der Waals surface area (Å²) in [5, 5.41) is 30.0. The van der Waals surface area contributed by atoms with E-state index in [0.717, 1.165) is 44.6 Å². The maximum absolute atomic E-state index is 14.8. The Morgan fingerprint density at radius 2 is 1.25 bits per heavy atom. The number of fused-ring (bicyclic) bond motifs is 4. The molecule has 1 aliphatic carbocycles. The minimum atomic E-state index is -0.998. The van der Waals surface area contributed by atoms with Crippen molar-refractivity contribution in [2.75, 3.05) is 85.4 Å². The number of phenols is 1. The lowest BCUT2D eigenvalue weighted by molar-refractivity contribution is -0.140. The molecule has 7 rings (SSSR count). The fourth-order valence-corrected chi connectivity index (χ4v) is 9.95. The van der Waals surface area contributed by atoms with Crippen molar-refractivity contribution < 1.29 is 48.2 Å². The Balaban J connectivity index is 0.879. The number of likely N-dealkylation sites (N-methyl/N-ethyl adjacent to an activating group) is 3. The molecule has 0 bridgehead atoms. The monoisotopic (exact) mass is 1160 g/mol. The number of phenolic OH excluding ortho intramolecular Hbond substituents is 1. The third-order valence-electron chi connectivity index (χ3n) is 14.6. The molecule has 1 heterocycles. The number of aromatic hydroxyl groups is 1. The van der Waals surface area contributed by atoms with Crippen LogP contribution < -0.4 is 43.0 Å². The summed E-state index contributed by atoms with van der Waals surface area (Å²) < 4.78 is 5.68. The number of hydrogen-bond acceptors (Lipinski definition) is 12. The number of urea groups is 1. The van der Waals surface area contributed by atoms with Crippen LogP contribution in [0.1, 0.15) is 77.9 Å². The maximum atomic E-state index is 14.8. The van der Waals surface area contributed by atoms with Crippen LogP contribution in [0, 0.1) is 0 Å². The lowest BCUT2D eigenvalue weighted by Crippen LogP contribution is -2.50. The van der Waals surface area contributed by atoms with Gasteiger partial charge in [0.1, 0.15) is 31.0 Å². The number of benzene rings is 5. The van der Waals surface area contributed by atoms with Crippen molar-refractivity contribution in [1.82, 2.24) is 51.5 Å². The van der Waals surface area contributed by atoms with Crippen LogP contribution in [0.5, 0.6) is 5.75 Å². The average Bonchev–Trinajstić information content (AvgIpc) is 2.02. The number of carbonyl (C=O) groups is 8. The van der Waals surface area contributed by atoms with Gasteiger partial charge in [-0.1, -0.05) is 104 Å². The molecule has 85 heavy (non-hydrogen) atoms. The van der Waals surface area contributed by atoms with Crippen molar-refractivity contribution >= 4 is 59.2 Å². The molecule has 0 saturated heterocycles. The highest BCUT2D eigenvalue weighted by Crippen LogP contribution is 2.44. The van der Waals surface area contributed by atoms with Crippen molar-refractivity contribution in [2.24, 2.45) is 10.7 Å². The largest absolute Gasteiger partial charge is 0.508 e. The molecule has 2 aliphatic rings. The van der Waals surface area contributed by atoms with Crippen LogP contribution in [0.3, 0.4) is 0 Å². The number of hydrogen-bond donors (Lipinski definition) is 9. The number of rotatable bonds is 28. The normalized spacial score (nSPS) is 13.2. The Kier molecular flexibility index (Phi) is 23.2. The first-order valence-corrected chi connectivity index (χ1v) is 28.4. The molecule has 10 N–H and O–H groups in total. The molecular weight excluding hydrogens is 1090 g/mol. The second-order valence-corrected chi connectivity index (χ2v) is 20.9. The topological polar surface area (TPSA) is 302 Å². The number of guanidine groups is 1. The number of aliphatic imine (C=N–C) groups is 1. The summed E-state index contributed by atoms with van der Waals surface area (Å²) in [6, 6.07) is 35.3. The van der Waals surface area contributed by atoms with Crippen LogP contribution in [0.2, 0.25) is 0 Å². The molecule has 23 heteroatoms. The molecule has 23 nitrogen and oxygen atoms in total. The molecule has 2 atom stereocenters. The van der Waals surface area contributed by atoms with Gasteiger partial charge < -0.3 is 67.5 Å².